The maximum atomic E-state index is 13.6. The van der Waals surface area contributed by atoms with Crippen molar-refractivity contribution in [3.63, 3.8) is 0 Å². The van der Waals surface area contributed by atoms with Crippen LogP contribution < -0.4 is 0 Å². The molecule has 4 rings (SSSR count). The van der Waals surface area contributed by atoms with Gasteiger partial charge in [-0.05, 0) is 72.7 Å². The lowest BCUT2D eigenvalue weighted by Gasteiger charge is -2.31. The molecule has 3 aromatic rings. The fourth-order valence-corrected chi connectivity index (χ4v) is 5.31. The Balaban J connectivity index is 0.00000237. The summed E-state index contributed by atoms with van der Waals surface area (Å²) in [6, 6.07) is 20.1. The van der Waals surface area contributed by atoms with Crippen LogP contribution in [-0.2, 0) is 4.79 Å². The summed E-state index contributed by atoms with van der Waals surface area (Å²) in [6.45, 7) is 20.5. The van der Waals surface area contributed by atoms with Gasteiger partial charge in [0, 0.05) is 32.1 Å². The van der Waals surface area contributed by atoms with Crippen LogP contribution in [0, 0.1) is 17.8 Å². The molecule has 0 saturated carbocycles. The smallest absolute Gasteiger partial charge is 0.186 e. The number of Topliss-reactive ketones (excluding diaryl/α,β-unsaturated/α-hetero) is 1. The lowest BCUT2D eigenvalue weighted by Crippen LogP contribution is -2.28. The monoisotopic (exact) mass is 580 g/mol. The van der Waals surface area contributed by atoms with Gasteiger partial charge in [0.2, 0.25) is 0 Å². The average molecular weight is 581 g/mol. The molecule has 5 heteroatoms. The maximum Gasteiger partial charge on any atom is 0.186 e. The van der Waals surface area contributed by atoms with Crippen molar-refractivity contribution < 1.29 is 9.21 Å². The lowest BCUT2D eigenvalue weighted by molar-refractivity contribution is -0.114. The van der Waals surface area contributed by atoms with Crippen LogP contribution in [0.4, 0.5) is 5.69 Å². The predicted molar refractivity (Wildman–Crippen MR) is 178 cm³/mol. The molecule has 1 heterocycles. The van der Waals surface area contributed by atoms with E-state index in [2.05, 4.69) is 71.9 Å². The molecule has 1 aliphatic carbocycles. The van der Waals surface area contributed by atoms with Crippen molar-refractivity contribution in [2.75, 3.05) is 0 Å². The van der Waals surface area contributed by atoms with E-state index in [1.54, 1.807) is 18.0 Å². The van der Waals surface area contributed by atoms with Crippen LogP contribution in [0.1, 0.15) is 67.9 Å². The molecule has 220 valence electrons. The molecule has 2 aromatic carbocycles. The number of furan rings is 1. The quantitative estimate of drug-likeness (QED) is 0.215. The Hall–Kier alpha value is -3.70. The van der Waals surface area contributed by atoms with Gasteiger partial charge in [0.25, 0.3) is 0 Å². The highest BCUT2D eigenvalue weighted by Crippen LogP contribution is 2.43. The lowest BCUT2D eigenvalue weighted by atomic mass is 9.71. The van der Waals surface area contributed by atoms with Gasteiger partial charge in [-0.3, -0.25) is 4.79 Å². The molecule has 1 aromatic heterocycles. The molecule has 0 unspecified atom stereocenters. The minimum absolute atomic E-state index is 0.0992. The van der Waals surface area contributed by atoms with Gasteiger partial charge in [-0.25, -0.2) is 0 Å². The summed E-state index contributed by atoms with van der Waals surface area (Å²) in [7, 11) is 0. The highest BCUT2D eigenvalue weighted by molar-refractivity contribution is 8.03. The molecule has 0 fully saturated rings. The van der Waals surface area contributed by atoms with E-state index in [1.807, 2.05) is 76.2 Å². The number of hydrogen-bond acceptors (Lipinski definition) is 5. The van der Waals surface area contributed by atoms with Gasteiger partial charge in [-0.1, -0.05) is 104 Å². The van der Waals surface area contributed by atoms with Gasteiger partial charge in [0.15, 0.2) is 5.78 Å². The van der Waals surface area contributed by atoms with Crippen molar-refractivity contribution in [1.29, 1.82) is 0 Å². The van der Waals surface area contributed by atoms with Crippen LogP contribution in [-0.4, -0.2) is 5.78 Å². The number of benzene rings is 2. The first kappa shape index (κ1) is 32.8. The normalized spacial score (nSPS) is 14.4. The van der Waals surface area contributed by atoms with Crippen LogP contribution >= 0.6 is 11.8 Å². The number of thioether (sulfide) groups is 1. The Bertz CT molecular complexity index is 1500. The summed E-state index contributed by atoms with van der Waals surface area (Å²) < 4.78 is 5.55. The third-order valence-electron chi connectivity index (χ3n) is 6.73. The van der Waals surface area contributed by atoms with Crippen molar-refractivity contribution in [3.05, 3.63) is 118 Å². The molecule has 0 radical (unpaired) electrons. The summed E-state index contributed by atoms with van der Waals surface area (Å²) in [5, 5.41) is 9.55. The summed E-state index contributed by atoms with van der Waals surface area (Å²) in [5.74, 6) is 0.936. The Morgan fingerprint density at radius 3 is 1.93 bits per heavy atom. The summed E-state index contributed by atoms with van der Waals surface area (Å²) in [5.41, 5.74) is 5.43. The van der Waals surface area contributed by atoms with E-state index in [4.69, 9.17) is 14.6 Å². The Kier molecular flexibility index (Phi) is 10.9. The topological polar surface area (TPSA) is 54.9 Å². The molecule has 0 bridgehead atoms. The van der Waals surface area contributed by atoms with Gasteiger partial charge < -0.3 is 4.42 Å². The zero-order valence-corrected chi connectivity index (χ0v) is 27.5. The first-order valence-corrected chi connectivity index (χ1v) is 15.4. The first-order chi connectivity index (χ1) is 19.9. The van der Waals surface area contributed by atoms with E-state index in [0.29, 0.717) is 0 Å². The van der Waals surface area contributed by atoms with Crippen LogP contribution in [0.3, 0.4) is 0 Å². The molecule has 0 N–H and O–H groups in total. The molecule has 0 atom stereocenters. The fourth-order valence-electron chi connectivity index (χ4n) is 4.41. The summed E-state index contributed by atoms with van der Waals surface area (Å²) >= 11 is 1.63. The van der Waals surface area contributed by atoms with Gasteiger partial charge in [0.1, 0.15) is 11.5 Å². The van der Waals surface area contributed by atoms with Crippen molar-refractivity contribution in [2.24, 2.45) is 21.1 Å². The zero-order valence-electron chi connectivity index (χ0n) is 26.7. The standard InChI is InChI=1S/C35H38N2O2S.C2H6/c1-9-31(40-26-18-16-24(17-19-26)30-15-12-20-39-30)32(37-36-29-14-11-10-13-23(29)2)25-21-27(34(3,4)5)33(38)28(22-25)35(6,7)8;1-2/h9-22H,1-8H3;1-2H3/b31-9-,37-36?;. The number of allylic oxidation sites excluding steroid dienone is 6. The van der Waals surface area contributed by atoms with E-state index in [1.165, 1.54) is 0 Å². The molecular formula is C37H44N2O2S. The summed E-state index contributed by atoms with van der Waals surface area (Å²) in [4.78, 5) is 15.7. The van der Waals surface area contributed by atoms with E-state index in [9.17, 15) is 4.79 Å². The minimum atomic E-state index is -0.323. The molecule has 42 heavy (non-hydrogen) atoms. The molecule has 0 spiro atoms. The van der Waals surface area contributed by atoms with Gasteiger partial charge in [0.05, 0.1) is 12.0 Å². The second-order valence-electron chi connectivity index (χ2n) is 12.0. The van der Waals surface area contributed by atoms with Crippen molar-refractivity contribution in [3.8, 4) is 11.3 Å². The van der Waals surface area contributed by atoms with E-state index >= 15 is 0 Å². The number of carbonyl (C=O) groups excluding carboxylic acids is 1. The van der Waals surface area contributed by atoms with E-state index < -0.39 is 0 Å². The van der Waals surface area contributed by atoms with Crippen molar-refractivity contribution in [1.82, 2.24) is 0 Å². The Morgan fingerprint density at radius 2 is 1.43 bits per heavy atom. The van der Waals surface area contributed by atoms with Crippen molar-refractivity contribution in [2.45, 2.75) is 74.1 Å². The van der Waals surface area contributed by atoms with E-state index in [-0.39, 0.29) is 16.6 Å². The largest absolute Gasteiger partial charge is 0.464 e. The molecule has 4 nitrogen and oxygen atoms in total. The Labute approximate surface area is 256 Å². The van der Waals surface area contributed by atoms with Crippen LogP contribution in [0.15, 0.2) is 132 Å². The zero-order chi connectivity index (χ0) is 31.1. The van der Waals surface area contributed by atoms with Gasteiger partial charge in [-0.15, -0.1) is 5.11 Å². The van der Waals surface area contributed by atoms with Crippen LogP contribution in [0.25, 0.3) is 11.3 Å². The average Bonchev–Trinajstić information content (AvgIpc) is 3.49. The molecule has 1 aliphatic rings. The molecule has 0 amide bonds. The second-order valence-corrected chi connectivity index (χ2v) is 13.1. The first-order valence-electron chi connectivity index (χ1n) is 14.6. The third kappa shape index (κ3) is 7.98. The SMILES string of the molecule is C/C=C(\Sc1ccc(-c2ccco2)cc1)C(N=Nc1ccccc1C)=C1C=C(C(C)(C)C)C(=O)C(C(C)(C)C)=C1.CC. The number of ketones is 1. The highest BCUT2D eigenvalue weighted by atomic mass is 32.2. The van der Waals surface area contributed by atoms with Crippen molar-refractivity contribution >= 4 is 23.2 Å². The predicted octanol–water partition coefficient (Wildman–Crippen LogP) is 11.8. The number of azo groups is 1. The van der Waals surface area contributed by atoms with Gasteiger partial charge in [-0.2, -0.15) is 5.11 Å². The molecule has 0 saturated heterocycles. The number of aryl methyl sites for hydroxylation is 1. The highest BCUT2D eigenvalue weighted by Gasteiger charge is 2.35. The second kappa shape index (κ2) is 14.0. The van der Waals surface area contributed by atoms with Gasteiger partial charge >= 0.3 is 0 Å². The number of carbonyl (C=O) groups is 1. The van der Waals surface area contributed by atoms with Crippen LogP contribution in [0.2, 0.25) is 0 Å². The van der Waals surface area contributed by atoms with E-state index in [0.717, 1.165) is 54.8 Å². The maximum absolute atomic E-state index is 13.6. The summed E-state index contributed by atoms with van der Waals surface area (Å²) in [6.07, 6.45) is 7.76. The Morgan fingerprint density at radius 1 is 0.833 bits per heavy atom. The number of nitrogens with zero attached hydrogens (tertiary/aromatic N) is 2. The molecule has 0 aliphatic heterocycles. The number of hydrogen-bond donors (Lipinski definition) is 0. The van der Waals surface area contributed by atoms with Crippen LogP contribution in [0.5, 0.6) is 0 Å². The molecular weight excluding hydrogens is 536 g/mol. The third-order valence-corrected chi connectivity index (χ3v) is 7.89. The minimum Gasteiger partial charge on any atom is -0.464 e. The fraction of sp³-hybridized carbons (Fsp3) is 0.324. The number of rotatable bonds is 6.